The van der Waals surface area contributed by atoms with Crippen LogP contribution < -0.4 is 16.0 Å². The summed E-state index contributed by atoms with van der Waals surface area (Å²) < 4.78 is 40.1. The molecular weight excluding hydrogens is 516 g/mol. The summed E-state index contributed by atoms with van der Waals surface area (Å²) in [6.45, 7) is 6.28. The number of alkyl carbamates (subject to hydrolysis) is 1. The number of epoxide rings is 1. The summed E-state index contributed by atoms with van der Waals surface area (Å²) in [6.07, 6.45) is -0.638. The van der Waals surface area contributed by atoms with Gasteiger partial charge in [-0.05, 0) is 52.0 Å². The minimum Gasteiger partial charge on any atom is -0.444 e. The molecule has 12 heteroatoms. The van der Waals surface area contributed by atoms with Crippen LogP contribution in [0.25, 0.3) is 0 Å². The van der Waals surface area contributed by atoms with Gasteiger partial charge in [-0.25, -0.2) is 4.79 Å². The minimum absolute atomic E-state index is 0.0665. The molecule has 0 saturated carbocycles. The molecule has 3 amide bonds. The first-order valence-corrected chi connectivity index (χ1v) is 12.8. The third-order valence-corrected chi connectivity index (χ3v) is 5.75. The molecule has 1 aliphatic heterocycles. The van der Waals surface area contributed by atoms with E-state index in [9.17, 15) is 28.0 Å². The van der Waals surface area contributed by atoms with Crippen LogP contribution in [-0.2, 0) is 35.0 Å². The highest BCUT2D eigenvalue weighted by Gasteiger charge is 2.50. The molecule has 0 radical (unpaired) electrons. The Morgan fingerprint density at radius 2 is 1.54 bits per heavy atom. The topological polar surface area (TPSA) is 135 Å². The predicted octanol–water partition coefficient (Wildman–Crippen LogP) is 2.74. The molecule has 0 aliphatic carbocycles. The van der Waals surface area contributed by atoms with Crippen LogP contribution in [0.5, 0.6) is 0 Å². The van der Waals surface area contributed by atoms with E-state index < -0.39 is 60.5 Å². The summed E-state index contributed by atoms with van der Waals surface area (Å²) in [5, 5.41) is 7.46. The van der Waals surface area contributed by atoms with Crippen LogP contribution in [0.4, 0.5) is 13.6 Å². The van der Waals surface area contributed by atoms with Gasteiger partial charge in [-0.1, -0.05) is 44.2 Å². The summed E-state index contributed by atoms with van der Waals surface area (Å²) in [4.78, 5) is 51.8. The van der Waals surface area contributed by atoms with Crippen LogP contribution in [0.15, 0.2) is 30.3 Å². The molecule has 4 atom stereocenters. The second kappa shape index (κ2) is 13.8. The number of benzene rings is 1. The van der Waals surface area contributed by atoms with Gasteiger partial charge in [-0.15, -0.1) is 0 Å². The Morgan fingerprint density at radius 1 is 0.974 bits per heavy atom. The number of hydrogen-bond acceptors (Lipinski definition) is 7. The second-order valence-electron chi connectivity index (χ2n) is 11.1. The fourth-order valence-electron chi connectivity index (χ4n) is 3.73. The lowest BCUT2D eigenvalue weighted by Crippen LogP contribution is -2.58. The molecule has 1 aromatic rings. The zero-order valence-electron chi connectivity index (χ0n) is 23.2. The highest BCUT2D eigenvalue weighted by Crippen LogP contribution is 2.29. The summed E-state index contributed by atoms with van der Waals surface area (Å²) in [5.74, 6) is -1.93. The molecule has 3 N–H and O–H groups in total. The van der Waals surface area contributed by atoms with E-state index in [4.69, 9.17) is 9.47 Å². The lowest BCUT2D eigenvalue weighted by Gasteiger charge is -2.27. The third kappa shape index (κ3) is 11.3. The van der Waals surface area contributed by atoms with Crippen LogP contribution in [0.2, 0.25) is 0 Å². The number of nitrogens with one attached hydrogen (secondary N) is 3. The first-order chi connectivity index (χ1) is 18.1. The molecule has 218 valence electrons. The van der Waals surface area contributed by atoms with E-state index >= 15 is 0 Å². The van der Waals surface area contributed by atoms with Gasteiger partial charge in [0.2, 0.25) is 11.8 Å². The first-order valence-electron chi connectivity index (χ1n) is 12.8. The molecule has 2 rings (SSSR count). The van der Waals surface area contributed by atoms with Crippen LogP contribution in [0.1, 0.15) is 53.5 Å². The molecular formula is C27H39F2N3O7. The average molecular weight is 556 g/mol. The van der Waals surface area contributed by atoms with Crippen LogP contribution >= 0.6 is 0 Å². The molecule has 1 aromatic carbocycles. The predicted molar refractivity (Wildman–Crippen MR) is 138 cm³/mol. The molecule has 1 fully saturated rings. The number of hydrogen-bond donors (Lipinski definition) is 3. The van der Waals surface area contributed by atoms with Crippen molar-refractivity contribution in [3.8, 4) is 0 Å². The van der Waals surface area contributed by atoms with Gasteiger partial charge < -0.3 is 30.2 Å². The van der Waals surface area contributed by atoms with E-state index in [1.165, 1.54) is 0 Å². The summed E-state index contributed by atoms with van der Waals surface area (Å²) in [5.41, 5.74) is -1.09. The molecule has 39 heavy (non-hydrogen) atoms. The van der Waals surface area contributed by atoms with Gasteiger partial charge in [0.25, 0.3) is 0 Å². The summed E-state index contributed by atoms with van der Waals surface area (Å²) in [7, 11) is 0. The van der Waals surface area contributed by atoms with E-state index in [2.05, 4.69) is 20.7 Å². The Labute approximate surface area is 227 Å². The standard InChI is InChI=1S/C27H39F2N3O7/c1-16(2)12-19(31-23(35)20(14-37-24(28)29)32-25(36)39-26(3,4)5)22(34)30-18(21(33)27(6)15-38-27)13-17-10-8-7-9-11-17/h7-11,16,18-20,24H,12-15H2,1-6H3,(H,30,34)(H,31,35)(H,32,36)/t18?,19-,20-,27+/m0/s1. The number of ether oxygens (including phenoxy) is 3. The highest BCUT2D eigenvalue weighted by atomic mass is 19.3. The molecule has 0 bridgehead atoms. The van der Waals surface area contributed by atoms with Crippen LogP contribution in [0.3, 0.4) is 0 Å². The normalized spacial score (nSPS) is 19.1. The van der Waals surface area contributed by atoms with E-state index in [-0.39, 0.29) is 31.1 Å². The van der Waals surface area contributed by atoms with Crippen molar-refractivity contribution in [2.75, 3.05) is 13.2 Å². The molecule has 0 aromatic heterocycles. The van der Waals surface area contributed by atoms with Gasteiger partial charge in [-0.3, -0.25) is 14.4 Å². The van der Waals surface area contributed by atoms with Gasteiger partial charge in [0.15, 0.2) is 5.78 Å². The van der Waals surface area contributed by atoms with E-state index in [1.807, 2.05) is 44.2 Å². The molecule has 10 nitrogen and oxygen atoms in total. The molecule has 1 aliphatic rings. The van der Waals surface area contributed by atoms with E-state index in [0.717, 1.165) is 5.56 Å². The number of ketones is 1. The van der Waals surface area contributed by atoms with Gasteiger partial charge >= 0.3 is 12.7 Å². The van der Waals surface area contributed by atoms with Gasteiger partial charge in [0.1, 0.15) is 23.3 Å². The Balaban J connectivity index is 2.20. The number of halogens is 2. The second-order valence-corrected chi connectivity index (χ2v) is 11.1. The quantitative estimate of drug-likeness (QED) is 0.301. The lowest BCUT2D eigenvalue weighted by molar-refractivity contribution is -0.145. The van der Waals surface area contributed by atoms with Crippen molar-refractivity contribution in [3.63, 3.8) is 0 Å². The maximum atomic E-state index is 13.4. The van der Waals surface area contributed by atoms with Gasteiger partial charge in [0, 0.05) is 0 Å². The largest absolute Gasteiger partial charge is 0.444 e. The zero-order valence-corrected chi connectivity index (χ0v) is 23.2. The van der Waals surface area contributed by atoms with Gasteiger partial charge in [0.05, 0.1) is 19.3 Å². The van der Waals surface area contributed by atoms with Crippen molar-refractivity contribution in [2.45, 2.75) is 90.3 Å². The highest BCUT2D eigenvalue weighted by molar-refractivity contribution is 5.98. The smallest absolute Gasteiger partial charge is 0.408 e. The zero-order chi connectivity index (χ0) is 29.4. The summed E-state index contributed by atoms with van der Waals surface area (Å²) >= 11 is 0. The maximum absolute atomic E-state index is 13.4. The number of alkyl halides is 2. The minimum atomic E-state index is -3.19. The van der Waals surface area contributed by atoms with Crippen molar-refractivity contribution in [1.82, 2.24) is 16.0 Å². The van der Waals surface area contributed by atoms with Crippen molar-refractivity contribution < 1.29 is 42.2 Å². The van der Waals surface area contributed by atoms with Crippen LogP contribution in [0, 0.1) is 5.92 Å². The third-order valence-electron chi connectivity index (χ3n) is 5.75. The first kappa shape index (κ1) is 32.1. The van der Waals surface area contributed by atoms with Crippen molar-refractivity contribution in [2.24, 2.45) is 5.92 Å². The molecule has 1 saturated heterocycles. The van der Waals surface area contributed by atoms with E-state index in [1.54, 1.807) is 27.7 Å². The Morgan fingerprint density at radius 3 is 2.05 bits per heavy atom. The monoisotopic (exact) mass is 555 g/mol. The van der Waals surface area contributed by atoms with Gasteiger partial charge in [-0.2, -0.15) is 8.78 Å². The van der Waals surface area contributed by atoms with Crippen molar-refractivity contribution >= 4 is 23.7 Å². The van der Waals surface area contributed by atoms with Crippen molar-refractivity contribution in [1.29, 1.82) is 0 Å². The number of amides is 3. The average Bonchev–Trinajstić information content (AvgIpc) is 3.57. The SMILES string of the molecule is CC(C)C[C@H](NC(=O)[C@H](COC(F)F)NC(=O)OC(C)(C)C)C(=O)NC(Cc1ccccc1)C(=O)[C@@]1(C)CO1. The molecule has 1 heterocycles. The summed E-state index contributed by atoms with van der Waals surface area (Å²) in [6, 6.07) is 5.47. The van der Waals surface area contributed by atoms with Crippen molar-refractivity contribution in [3.05, 3.63) is 35.9 Å². The molecule has 0 spiro atoms. The molecule has 1 unspecified atom stereocenters. The number of carbonyl (C=O) groups excluding carboxylic acids is 4. The number of carbonyl (C=O) groups is 4. The Bertz CT molecular complexity index is 995. The Kier molecular flexibility index (Phi) is 11.3. The fraction of sp³-hybridized carbons (Fsp3) is 0.630. The number of Topliss-reactive ketones (excluding diaryl/α,β-unsaturated/α-hetero) is 1. The lowest BCUT2D eigenvalue weighted by atomic mass is 9.94. The van der Waals surface area contributed by atoms with Crippen LogP contribution in [-0.4, -0.2) is 72.8 Å². The number of rotatable bonds is 14. The fourth-order valence-corrected chi connectivity index (χ4v) is 3.73. The maximum Gasteiger partial charge on any atom is 0.408 e. The Hall–Kier alpha value is -3.12. The van der Waals surface area contributed by atoms with E-state index in [0.29, 0.717) is 0 Å².